The van der Waals surface area contributed by atoms with Crippen LogP contribution in [0.15, 0.2) is 18.2 Å². The maximum atomic E-state index is 12.4. The van der Waals surface area contributed by atoms with Gasteiger partial charge >= 0.3 is 0 Å². The van der Waals surface area contributed by atoms with Crippen LogP contribution in [0.1, 0.15) is 15.9 Å². The number of ether oxygens (including phenoxy) is 1. The van der Waals surface area contributed by atoms with E-state index < -0.39 is 0 Å². The van der Waals surface area contributed by atoms with E-state index in [0.717, 1.165) is 0 Å². The molecule has 18 heavy (non-hydrogen) atoms. The maximum Gasteiger partial charge on any atom is 0.254 e. The van der Waals surface area contributed by atoms with Crippen LogP contribution in [0.2, 0.25) is 0 Å². The molecule has 1 saturated heterocycles. The Kier molecular flexibility index (Phi) is 4.09. The van der Waals surface area contributed by atoms with Crippen LogP contribution in [0.5, 0.6) is 5.75 Å². The summed E-state index contributed by atoms with van der Waals surface area (Å²) in [5.74, 6) is 0.387. The van der Waals surface area contributed by atoms with Gasteiger partial charge in [-0.05, 0) is 19.1 Å². The van der Waals surface area contributed by atoms with E-state index in [2.05, 4.69) is 0 Å². The summed E-state index contributed by atoms with van der Waals surface area (Å²) in [6.07, 6.45) is 0. The van der Waals surface area contributed by atoms with Crippen LogP contribution in [0.4, 0.5) is 0 Å². The molecule has 1 heterocycles. The molecule has 0 radical (unpaired) electrons. The third kappa shape index (κ3) is 2.44. The molecule has 1 atom stereocenters. The van der Waals surface area contributed by atoms with Gasteiger partial charge in [0.25, 0.3) is 5.91 Å². The van der Waals surface area contributed by atoms with Gasteiger partial charge in [-0.1, -0.05) is 6.07 Å². The first-order valence-electron chi connectivity index (χ1n) is 5.88. The Hall–Kier alpha value is -1.26. The molecule has 1 aliphatic rings. The number of alkyl halides is 1. The monoisotopic (exact) mass is 269 g/mol. The Bertz CT molecular complexity index is 450. The second kappa shape index (κ2) is 5.59. The lowest BCUT2D eigenvalue weighted by molar-refractivity contribution is 0.00450. The molecule has 0 saturated carbocycles. The Labute approximate surface area is 111 Å². The lowest BCUT2D eigenvalue weighted by Gasteiger charge is -2.34. The van der Waals surface area contributed by atoms with Crippen LogP contribution in [0.25, 0.3) is 0 Å². The van der Waals surface area contributed by atoms with Gasteiger partial charge < -0.3 is 14.7 Å². The molecular formula is C13H16ClNO3. The number of phenolic OH excluding ortho intramolecular Hbond substituents is 1. The molecule has 1 unspecified atom stereocenters. The quantitative estimate of drug-likeness (QED) is 0.833. The zero-order valence-corrected chi connectivity index (χ0v) is 11.0. The van der Waals surface area contributed by atoms with Crippen LogP contribution < -0.4 is 0 Å². The fourth-order valence-electron chi connectivity index (χ4n) is 2.06. The second-order valence-corrected chi connectivity index (χ2v) is 4.64. The average molecular weight is 270 g/mol. The van der Waals surface area contributed by atoms with Crippen molar-refractivity contribution >= 4 is 17.5 Å². The molecule has 1 N–H and O–H groups in total. The number of hydrogen-bond donors (Lipinski definition) is 1. The molecule has 1 aromatic rings. The summed E-state index contributed by atoms with van der Waals surface area (Å²) >= 11 is 5.85. The van der Waals surface area contributed by atoms with Crippen molar-refractivity contribution in [1.29, 1.82) is 0 Å². The Morgan fingerprint density at radius 1 is 1.61 bits per heavy atom. The van der Waals surface area contributed by atoms with Crippen molar-refractivity contribution in [3.63, 3.8) is 0 Å². The highest BCUT2D eigenvalue weighted by molar-refractivity contribution is 6.18. The van der Waals surface area contributed by atoms with Crippen molar-refractivity contribution in [2.45, 2.75) is 13.0 Å². The van der Waals surface area contributed by atoms with E-state index in [4.69, 9.17) is 16.3 Å². The number of halogens is 1. The number of morpholine rings is 1. The third-order valence-corrected chi connectivity index (χ3v) is 3.56. The minimum Gasteiger partial charge on any atom is -0.508 e. The van der Waals surface area contributed by atoms with Crippen LogP contribution in [-0.4, -0.2) is 47.6 Å². The molecule has 2 rings (SSSR count). The lowest BCUT2D eigenvalue weighted by atomic mass is 10.1. The molecule has 0 aliphatic carbocycles. The predicted octanol–water partition coefficient (Wildman–Crippen LogP) is 1.78. The summed E-state index contributed by atoms with van der Waals surface area (Å²) in [5.41, 5.74) is 1.12. The van der Waals surface area contributed by atoms with Crippen LogP contribution >= 0.6 is 11.6 Å². The minimum atomic E-state index is -0.102. The molecule has 4 nitrogen and oxygen atoms in total. The Morgan fingerprint density at radius 3 is 3.11 bits per heavy atom. The first kappa shape index (κ1) is 13.2. The average Bonchev–Trinajstić information content (AvgIpc) is 2.41. The minimum absolute atomic E-state index is 0.0997. The summed E-state index contributed by atoms with van der Waals surface area (Å²) in [6, 6.07) is 4.86. The van der Waals surface area contributed by atoms with Crippen LogP contribution in [0.3, 0.4) is 0 Å². The molecule has 0 spiro atoms. The van der Waals surface area contributed by atoms with Crippen molar-refractivity contribution in [2.75, 3.05) is 25.6 Å². The summed E-state index contributed by atoms with van der Waals surface area (Å²) in [5, 5.41) is 9.65. The van der Waals surface area contributed by atoms with Crippen molar-refractivity contribution in [2.24, 2.45) is 0 Å². The maximum absolute atomic E-state index is 12.4. The highest BCUT2D eigenvalue weighted by atomic mass is 35.5. The number of carbonyl (C=O) groups is 1. The number of rotatable bonds is 2. The van der Waals surface area contributed by atoms with E-state index in [1.807, 2.05) is 0 Å². The largest absolute Gasteiger partial charge is 0.508 e. The van der Waals surface area contributed by atoms with E-state index in [1.54, 1.807) is 30.0 Å². The van der Waals surface area contributed by atoms with Gasteiger partial charge in [-0.3, -0.25) is 4.79 Å². The standard InChI is InChI=1S/C13H16ClNO3/c1-9-11(3-2-4-12(9)16)13(17)15-5-6-18-8-10(15)7-14/h2-4,10,16H,5-8H2,1H3. The molecule has 5 heteroatoms. The zero-order valence-electron chi connectivity index (χ0n) is 10.2. The van der Waals surface area contributed by atoms with E-state index in [1.165, 1.54) is 0 Å². The molecule has 0 aromatic heterocycles. The summed E-state index contributed by atoms with van der Waals surface area (Å²) in [7, 11) is 0. The number of amides is 1. The SMILES string of the molecule is Cc1c(O)cccc1C(=O)N1CCOCC1CCl. The number of aromatic hydroxyl groups is 1. The van der Waals surface area contributed by atoms with E-state index in [9.17, 15) is 9.90 Å². The van der Waals surface area contributed by atoms with E-state index in [-0.39, 0.29) is 17.7 Å². The zero-order chi connectivity index (χ0) is 13.1. The summed E-state index contributed by atoms with van der Waals surface area (Å²) in [6.45, 7) is 3.26. The van der Waals surface area contributed by atoms with Crippen LogP contribution in [0, 0.1) is 6.92 Å². The van der Waals surface area contributed by atoms with Gasteiger partial charge in [-0.15, -0.1) is 11.6 Å². The van der Waals surface area contributed by atoms with Gasteiger partial charge in [0.2, 0.25) is 0 Å². The fraction of sp³-hybridized carbons (Fsp3) is 0.462. The molecular weight excluding hydrogens is 254 g/mol. The van der Waals surface area contributed by atoms with Gasteiger partial charge in [0.05, 0.1) is 19.3 Å². The van der Waals surface area contributed by atoms with Crippen molar-refractivity contribution in [1.82, 2.24) is 4.90 Å². The van der Waals surface area contributed by atoms with Crippen molar-refractivity contribution in [3.05, 3.63) is 29.3 Å². The van der Waals surface area contributed by atoms with Gasteiger partial charge in [0.1, 0.15) is 5.75 Å². The molecule has 1 aliphatic heterocycles. The van der Waals surface area contributed by atoms with Gasteiger partial charge in [-0.25, -0.2) is 0 Å². The molecule has 1 amide bonds. The number of nitrogens with zero attached hydrogens (tertiary/aromatic N) is 1. The van der Waals surface area contributed by atoms with E-state index >= 15 is 0 Å². The summed E-state index contributed by atoms with van der Waals surface area (Å²) in [4.78, 5) is 14.2. The smallest absolute Gasteiger partial charge is 0.254 e. The lowest BCUT2D eigenvalue weighted by Crippen LogP contribution is -2.49. The van der Waals surface area contributed by atoms with Gasteiger partial charge in [0, 0.05) is 23.6 Å². The topological polar surface area (TPSA) is 49.8 Å². The molecule has 1 fully saturated rings. The Balaban J connectivity index is 2.27. The van der Waals surface area contributed by atoms with Crippen molar-refractivity contribution < 1.29 is 14.6 Å². The normalized spacial score (nSPS) is 19.9. The Morgan fingerprint density at radius 2 is 2.39 bits per heavy atom. The first-order valence-corrected chi connectivity index (χ1v) is 6.42. The van der Waals surface area contributed by atoms with Gasteiger partial charge in [0.15, 0.2) is 0 Å². The first-order chi connectivity index (χ1) is 8.65. The number of carbonyl (C=O) groups excluding carboxylic acids is 1. The third-order valence-electron chi connectivity index (χ3n) is 3.20. The highest BCUT2D eigenvalue weighted by Gasteiger charge is 2.28. The second-order valence-electron chi connectivity index (χ2n) is 4.33. The van der Waals surface area contributed by atoms with Crippen molar-refractivity contribution in [3.8, 4) is 5.75 Å². The molecule has 98 valence electrons. The van der Waals surface area contributed by atoms with E-state index in [0.29, 0.717) is 36.8 Å². The predicted molar refractivity (Wildman–Crippen MR) is 69.2 cm³/mol. The number of benzene rings is 1. The molecule has 1 aromatic carbocycles. The van der Waals surface area contributed by atoms with Gasteiger partial charge in [-0.2, -0.15) is 0 Å². The van der Waals surface area contributed by atoms with Crippen LogP contribution in [-0.2, 0) is 4.74 Å². The fourth-order valence-corrected chi connectivity index (χ4v) is 2.32. The molecule has 0 bridgehead atoms. The highest BCUT2D eigenvalue weighted by Crippen LogP contribution is 2.22. The number of hydrogen-bond acceptors (Lipinski definition) is 3. The summed E-state index contributed by atoms with van der Waals surface area (Å²) < 4.78 is 5.32. The number of phenols is 1.